The quantitative estimate of drug-likeness (QED) is 0.340. The number of thiophene rings is 1. The highest BCUT2D eigenvalue weighted by atomic mass is 35.5. The first-order chi connectivity index (χ1) is 16.0. The minimum Gasteiger partial charge on any atom is -0.465 e. The molecule has 5 rings (SSSR count). The van der Waals surface area contributed by atoms with E-state index < -0.39 is 5.97 Å². The minimum atomic E-state index is -0.411. The van der Waals surface area contributed by atoms with Crippen molar-refractivity contribution in [2.75, 3.05) is 12.4 Å². The maximum atomic E-state index is 13.5. The van der Waals surface area contributed by atoms with E-state index in [2.05, 4.69) is 5.32 Å². The van der Waals surface area contributed by atoms with Gasteiger partial charge in [0.15, 0.2) is 0 Å². The number of aromatic nitrogens is 1. The molecule has 0 radical (unpaired) electrons. The summed E-state index contributed by atoms with van der Waals surface area (Å²) in [6.07, 6.45) is 3.85. The molecule has 0 atom stereocenters. The Morgan fingerprint density at radius 2 is 1.82 bits per heavy atom. The van der Waals surface area contributed by atoms with E-state index in [1.807, 2.05) is 36.4 Å². The third kappa shape index (κ3) is 4.12. The van der Waals surface area contributed by atoms with Gasteiger partial charge in [-0.15, -0.1) is 11.3 Å². The summed E-state index contributed by atoms with van der Waals surface area (Å²) in [6.45, 7) is 0. The number of carbonyl (C=O) groups is 2. The predicted molar refractivity (Wildman–Crippen MR) is 132 cm³/mol. The van der Waals surface area contributed by atoms with Crippen LogP contribution in [0.5, 0.6) is 0 Å². The number of hydrogen-bond acceptors (Lipinski definition) is 5. The van der Waals surface area contributed by atoms with Gasteiger partial charge in [0.05, 0.1) is 29.4 Å². The van der Waals surface area contributed by atoms with Crippen LogP contribution in [-0.4, -0.2) is 24.0 Å². The van der Waals surface area contributed by atoms with Crippen LogP contribution in [0, 0.1) is 0 Å². The summed E-state index contributed by atoms with van der Waals surface area (Å²) in [7, 11) is 1.37. The van der Waals surface area contributed by atoms with Crippen molar-refractivity contribution in [2.24, 2.45) is 0 Å². The van der Waals surface area contributed by atoms with E-state index in [4.69, 9.17) is 21.3 Å². The topological polar surface area (TPSA) is 68.3 Å². The highest BCUT2D eigenvalue weighted by Crippen LogP contribution is 2.39. The summed E-state index contributed by atoms with van der Waals surface area (Å²) in [4.78, 5) is 32.0. The molecule has 1 aliphatic rings. The molecule has 2 aromatic carbocycles. The van der Waals surface area contributed by atoms with Gasteiger partial charge < -0.3 is 10.1 Å². The number of hydrogen-bond donors (Lipinski definition) is 1. The molecule has 4 aromatic rings. The van der Waals surface area contributed by atoms with E-state index in [9.17, 15) is 9.59 Å². The lowest BCUT2D eigenvalue weighted by Gasteiger charge is -2.12. The molecule has 0 saturated carbocycles. The molecule has 2 heterocycles. The van der Waals surface area contributed by atoms with Crippen molar-refractivity contribution in [3.63, 3.8) is 0 Å². The lowest BCUT2D eigenvalue weighted by atomic mass is 9.95. The van der Waals surface area contributed by atoms with Gasteiger partial charge in [0.1, 0.15) is 5.00 Å². The van der Waals surface area contributed by atoms with Crippen LogP contribution < -0.4 is 5.32 Å². The number of anilines is 1. The molecule has 2 aromatic heterocycles. The summed E-state index contributed by atoms with van der Waals surface area (Å²) in [5.41, 5.74) is 4.24. The largest absolute Gasteiger partial charge is 0.465 e. The van der Waals surface area contributed by atoms with E-state index in [0.717, 1.165) is 47.1 Å². The number of esters is 1. The molecule has 33 heavy (non-hydrogen) atoms. The Hall–Kier alpha value is -3.22. The van der Waals surface area contributed by atoms with Crippen LogP contribution in [0.2, 0.25) is 5.02 Å². The van der Waals surface area contributed by atoms with Crippen LogP contribution in [0.1, 0.15) is 44.0 Å². The SMILES string of the molecule is COC(=O)c1c(NC(=O)c2cc(-c3ccc(Cl)cc3)nc3ccccc23)sc2c1CCCC2. The van der Waals surface area contributed by atoms with Crippen molar-refractivity contribution < 1.29 is 14.3 Å². The second-order valence-electron chi connectivity index (χ2n) is 7.94. The Bertz CT molecular complexity index is 1380. The number of halogens is 1. The fourth-order valence-corrected chi connectivity index (χ4v) is 5.67. The molecule has 0 unspecified atom stereocenters. The fraction of sp³-hybridized carbons (Fsp3) is 0.192. The lowest BCUT2D eigenvalue weighted by molar-refractivity contribution is 0.0601. The fourth-order valence-electron chi connectivity index (χ4n) is 4.27. The van der Waals surface area contributed by atoms with Gasteiger partial charge in [0, 0.05) is 20.8 Å². The standard InChI is InChI=1S/C26H21ClN2O3S/c1-32-26(31)23-18-7-3-5-9-22(18)33-25(23)29-24(30)19-14-21(15-10-12-16(27)13-11-15)28-20-8-4-2-6-17(19)20/h2,4,6,8,10-14H,3,5,7,9H2,1H3,(H,29,30). The summed E-state index contributed by atoms with van der Waals surface area (Å²) in [6, 6.07) is 16.7. The van der Waals surface area contributed by atoms with Gasteiger partial charge in [-0.3, -0.25) is 4.79 Å². The maximum absolute atomic E-state index is 13.5. The first kappa shape index (κ1) is 21.6. The average molecular weight is 477 g/mol. The van der Waals surface area contributed by atoms with E-state index in [1.165, 1.54) is 18.4 Å². The van der Waals surface area contributed by atoms with Crippen molar-refractivity contribution in [1.29, 1.82) is 0 Å². The molecular formula is C26H21ClN2O3S. The second kappa shape index (κ2) is 8.96. The summed E-state index contributed by atoms with van der Waals surface area (Å²) < 4.78 is 5.04. The molecule has 0 fully saturated rings. The van der Waals surface area contributed by atoms with E-state index >= 15 is 0 Å². The minimum absolute atomic E-state index is 0.285. The molecule has 7 heteroatoms. The van der Waals surface area contributed by atoms with Crippen LogP contribution >= 0.6 is 22.9 Å². The first-order valence-corrected chi connectivity index (χ1v) is 11.9. The Balaban J connectivity index is 1.59. The van der Waals surface area contributed by atoms with Gasteiger partial charge in [0.25, 0.3) is 5.91 Å². The highest BCUT2D eigenvalue weighted by molar-refractivity contribution is 7.17. The third-order valence-corrected chi connectivity index (χ3v) is 7.35. The Morgan fingerprint density at radius 1 is 1.06 bits per heavy atom. The zero-order valence-electron chi connectivity index (χ0n) is 18.0. The molecule has 0 bridgehead atoms. The van der Waals surface area contributed by atoms with Crippen molar-refractivity contribution in [3.8, 4) is 11.3 Å². The van der Waals surface area contributed by atoms with Crippen molar-refractivity contribution in [2.45, 2.75) is 25.7 Å². The number of rotatable bonds is 4. The second-order valence-corrected chi connectivity index (χ2v) is 9.48. The number of fused-ring (bicyclic) bond motifs is 2. The number of aryl methyl sites for hydroxylation is 1. The number of amides is 1. The van der Waals surface area contributed by atoms with E-state index in [0.29, 0.717) is 32.4 Å². The van der Waals surface area contributed by atoms with Crippen LogP contribution in [0.4, 0.5) is 5.00 Å². The molecule has 0 saturated heterocycles. The average Bonchev–Trinajstić information content (AvgIpc) is 3.21. The maximum Gasteiger partial charge on any atom is 0.341 e. The van der Waals surface area contributed by atoms with Crippen molar-refractivity contribution >= 4 is 50.7 Å². The normalized spacial score (nSPS) is 12.9. The number of ether oxygens (including phenoxy) is 1. The van der Waals surface area contributed by atoms with Crippen molar-refractivity contribution in [1.82, 2.24) is 4.98 Å². The molecule has 166 valence electrons. The Kier molecular flexibility index (Phi) is 5.87. The number of nitrogens with zero attached hydrogens (tertiary/aromatic N) is 1. The van der Waals surface area contributed by atoms with Gasteiger partial charge in [-0.2, -0.15) is 0 Å². The van der Waals surface area contributed by atoms with E-state index in [1.54, 1.807) is 18.2 Å². The molecular weight excluding hydrogens is 456 g/mol. The summed E-state index contributed by atoms with van der Waals surface area (Å²) in [5.74, 6) is -0.696. The summed E-state index contributed by atoms with van der Waals surface area (Å²) >= 11 is 7.51. The molecule has 0 aliphatic heterocycles. The van der Waals surface area contributed by atoms with Crippen LogP contribution in [-0.2, 0) is 17.6 Å². The molecule has 5 nitrogen and oxygen atoms in total. The number of methoxy groups -OCH3 is 1. The molecule has 1 amide bonds. The predicted octanol–water partition coefficient (Wildman–Crippen LogP) is 6.53. The van der Waals surface area contributed by atoms with Gasteiger partial charge in [0.2, 0.25) is 0 Å². The number of para-hydroxylation sites is 1. The highest BCUT2D eigenvalue weighted by Gasteiger charge is 2.27. The number of carbonyl (C=O) groups excluding carboxylic acids is 2. The van der Waals surface area contributed by atoms with Gasteiger partial charge >= 0.3 is 5.97 Å². The van der Waals surface area contributed by atoms with E-state index in [-0.39, 0.29) is 5.91 Å². The third-order valence-electron chi connectivity index (χ3n) is 5.89. The van der Waals surface area contributed by atoms with Crippen molar-refractivity contribution in [3.05, 3.63) is 81.2 Å². The molecule has 0 spiro atoms. The van der Waals surface area contributed by atoms with Crippen LogP contribution in [0.25, 0.3) is 22.2 Å². The number of nitrogens with one attached hydrogen (secondary N) is 1. The first-order valence-electron chi connectivity index (χ1n) is 10.7. The smallest absolute Gasteiger partial charge is 0.341 e. The number of benzene rings is 2. The van der Waals surface area contributed by atoms with Gasteiger partial charge in [-0.25, -0.2) is 9.78 Å². The van der Waals surface area contributed by atoms with Crippen LogP contribution in [0.15, 0.2) is 54.6 Å². The number of pyridine rings is 1. The van der Waals surface area contributed by atoms with Gasteiger partial charge in [-0.1, -0.05) is 41.9 Å². The monoisotopic (exact) mass is 476 g/mol. The molecule has 1 N–H and O–H groups in total. The zero-order valence-corrected chi connectivity index (χ0v) is 19.6. The van der Waals surface area contributed by atoms with Gasteiger partial charge in [-0.05, 0) is 55.5 Å². The Labute approximate surface area is 200 Å². The summed E-state index contributed by atoms with van der Waals surface area (Å²) in [5, 5.41) is 4.94. The lowest BCUT2D eigenvalue weighted by Crippen LogP contribution is -2.16. The Morgan fingerprint density at radius 3 is 2.61 bits per heavy atom. The zero-order chi connectivity index (χ0) is 22.9. The molecule has 1 aliphatic carbocycles. The van der Waals surface area contributed by atoms with Crippen LogP contribution in [0.3, 0.4) is 0 Å².